The van der Waals surface area contributed by atoms with Crippen molar-refractivity contribution in [3.8, 4) is 11.5 Å². The molecule has 0 unspecified atom stereocenters. The van der Waals surface area contributed by atoms with Gasteiger partial charge in [0.25, 0.3) is 5.91 Å². The summed E-state index contributed by atoms with van der Waals surface area (Å²) in [4.78, 5) is 27.5. The Bertz CT molecular complexity index is 1470. The van der Waals surface area contributed by atoms with Crippen LogP contribution in [0.4, 0.5) is 0 Å². The van der Waals surface area contributed by atoms with Crippen molar-refractivity contribution < 1.29 is 59.2 Å². The second-order valence-electron chi connectivity index (χ2n) is 9.20. The van der Waals surface area contributed by atoms with Crippen LogP contribution in [0.25, 0.3) is 10.9 Å². The molecule has 0 aliphatic carbocycles. The average molecular weight is 586 g/mol. The van der Waals surface area contributed by atoms with Crippen LogP contribution < -0.4 is 50.0 Å². The Hall–Kier alpha value is -3.02. The zero-order chi connectivity index (χ0) is 28.5. The fourth-order valence-electron chi connectivity index (χ4n) is 4.21. The van der Waals surface area contributed by atoms with Crippen LogP contribution in [0.5, 0.6) is 11.5 Å². The second-order valence-corrected chi connectivity index (χ2v) is 9.63. The topological polar surface area (TPSA) is 144 Å². The summed E-state index contributed by atoms with van der Waals surface area (Å²) in [7, 11) is 0. The van der Waals surface area contributed by atoms with E-state index in [1.54, 1.807) is 54.7 Å². The molecule has 0 spiro atoms. The van der Waals surface area contributed by atoms with Crippen molar-refractivity contribution in [2.24, 2.45) is 0 Å². The van der Waals surface area contributed by atoms with Gasteiger partial charge in [0.05, 0.1) is 23.8 Å². The van der Waals surface area contributed by atoms with E-state index in [0.717, 1.165) is 5.56 Å². The van der Waals surface area contributed by atoms with Gasteiger partial charge >= 0.3 is 29.6 Å². The van der Waals surface area contributed by atoms with Crippen molar-refractivity contribution in [3.05, 3.63) is 101 Å². The molecule has 0 aliphatic rings. The number of carboxylic acid groups (broad SMARTS) is 1. The molecule has 3 aromatic carbocycles. The van der Waals surface area contributed by atoms with Gasteiger partial charge in [-0.05, 0) is 60.0 Å². The summed E-state index contributed by atoms with van der Waals surface area (Å²) in [5, 5.41) is 37.9. The first kappa shape index (κ1) is 32.5. The van der Waals surface area contributed by atoms with Gasteiger partial charge in [-0.2, -0.15) is 0 Å². The van der Waals surface area contributed by atoms with Gasteiger partial charge in [0.15, 0.2) is 0 Å². The molecular weight excluding hydrogens is 557 g/mol. The predicted octanol–water partition coefficient (Wildman–Crippen LogP) is -0.219. The molecule has 11 heteroatoms. The number of nitrogens with one attached hydrogen (secondary N) is 2. The Morgan fingerprint density at radius 2 is 1.80 bits per heavy atom. The minimum absolute atomic E-state index is 0. The van der Waals surface area contributed by atoms with Crippen LogP contribution in [-0.2, 0) is 11.2 Å². The Morgan fingerprint density at radius 1 is 1.05 bits per heavy atom. The van der Waals surface area contributed by atoms with Gasteiger partial charge < -0.3 is 35.5 Å². The first-order valence-electron chi connectivity index (χ1n) is 12.7. The minimum Gasteiger partial charge on any atom is -0.550 e. The van der Waals surface area contributed by atoms with E-state index in [0.29, 0.717) is 45.0 Å². The predicted molar refractivity (Wildman–Crippen MR) is 149 cm³/mol. The molecule has 0 saturated heterocycles. The van der Waals surface area contributed by atoms with Crippen LogP contribution in [0, 0.1) is 0 Å². The van der Waals surface area contributed by atoms with Crippen LogP contribution >= 0.6 is 11.6 Å². The molecule has 2 atom stereocenters. The summed E-state index contributed by atoms with van der Waals surface area (Å²) in [6, 6.07) is 21.0. The van der Waals surface area contributed by atoms with Crippen LogP contribution in [0.1, 0.15) is 34.0 Å². The number of hydrogen-bond acceptors (Lipinski definition) is 8. The third-order valence-corrected chi connectivity index (χ3v) is 6.51. The Kier molecular flexibility index (Phi) is 12.6. The molecule has 0 radical (unpaired) electrons. The largest absolute Gasteiger partial charge is 1.00 e. The molecule has 0 aliphatic heterocycles. The fourth-order valence-corrected chi connectivity index (χ4v) is 4.41. The van der Waals surface area contributed by atoms with Crippen LogP contribution in [0.15, 0.2) is 79.0 Å². The number of nitrogens with zero attached hydrogens (tertiary/aromatic N) is 1. The maximum absolute atomic E-state index is 12.6. The minimum atomic E-state index is -1.24. The molecule has 0 bridgehead atoms. The van der Waals surface area contributed by atoms with E-state index in [9.17, 15) is 24.9 Å². The average Bonchev–Trinajstić information content (AvgIpc) is 2.95. The summed E-state index contributed by atoms with van der Waals surface area (Å²) in [6.45, 7) is 0.112. The normalized spacial score (nSPS) is 12.3. The summed E-state index contributed by atoms with van der Waals surface area (Å²) in [6.07, 6.45) is 1.04. The zero-order valence-corrected chi connectivity index (χ0v) is 25.3. The molecule has 9 nitrogen and oxygen atoms in total. The van der Waals surface area contributed by atoms with Crippen molar-refractivity contribution in [1.82, 2.24) is 15.6 Å². The number of fused-ring (bicyclic) bond motifs is 1. The van der Waals surface area contributed by atoms with Crippen molar-refractivity contribution in [2.45, 2.75) is 25.0 Å². The van der Waals surface area contributed by atoms with E-state index in [-0.39, 0.29) is 61.7 Å². The fraction of sp³-hybridized carbons (Fsp3) is 0.233. The molecular formula is C30H29ClN3NaO6. The number of rotatable bonds is 13. The molecule has 4 aromatic rings. The second kappa shape index (κ2) is 15.8. The number of halogens is 1. The molecule has 0 saturated carbocycles. The van der Waals surface area contributed by atoms with Gasteiger partial charge in [0.2, 0.25) is 0 Å². The van der Waals surface area contributed by atoms with Crippen LogP contribution in [0.3, 0.4) is 0 Å². The van der Waals surface area contributed by atoms with Gasteiger partial charge in [-0.3, -0.25) is 9.78 Å². The Balaban J connectivity index is 0.00000462. The van der Waals surface area contributed by atoms with E-state index in [1.165, 1.54) is 0 Å². The molecule has 0 fully saturated rings. The first-order chi connectivity index (χ1) is 19.3. The number of ether oxygens (including phenoxy) is 1. The third-order valence-electron chi connectivity index (χ3n) is 6.28. The van der Waals surface area contributed by atoms with Crippen LogP contribution in [-0.4, -0.2) is 52.8 Å². The quantitative estimate of drug-likeness (QED) is 0.158. The number of aliphatic hydroxyl groups is 2. The standard InChI is InChI=1S/C30H30ClN3O6.Na/c31-21-4-1-3-20(16-21)26(36)17-34-22(18-35)15-19-7-9-23(10-8-19)40-27-11-13-32-29-24(27)5-2-6-25(29)30(39)33-14-12-28(37)38;/h1-11,13,16,22,26,34-36H,12,14-15,17-18H2,(H,33,39)(H,37,38);/q;+1/p-1/t22-,26-;/m0./s1. The van der Waals surface area contributed by atoms with E-state index in [1.807, 2.05) is 24.3 Å². The van der Waals surface area contributed by atoms with Gasteiger partial charge in [-0.1, -0.05) is 41.9 Å². The maximum Gasteiger partial charge on any atom is 1.00 e. The number of hydrogen-bond donors (Lipinski definition) is 4. The van der Waals surface area contributed by atoms with Gasteiger partial charge in [-0.15, -0.1) is 0 Å². The van der Waals surface area contributed by atoms with E-state index in [4.69, 9.17) is 16.3 Å². The SMILES string of the molecule is O=C([O-])CCNC(=O)c1cccc2c(Oc3ccc(C[C@@H](CO)NC[C@H](O)c4cccc(Cl)c4)cc3)ccnc12.[Na+]. The molecule has 4 rings (SSSR count). The van der Waals surface area contributed by atoms with Gasteiger partial charge in [-0.25, -0.2) is 0 Å². The maximum atomic E-state index is 12.6. The molecule has 1 heterocycles. The number of aromatic nitrogens is 1. The Morgan fingerprint density at radius 3 is 2.51 bits per heavy atom. The van der Waals surface area contributed by atoms with Crippen molar-refractivity contribution in [1.29, 1.82) is 0 Å². The Labute approximate surface area is 264 Å². The van der Waals surface area contributed by atoms with E-state index < -0.39 is 18.0 Å². The third kappa shape index (κ3) is 9.24. The number of carbonyl (C=O) groups excluding carboxylic acids is 2. The van der Waals surface area contributed by atoms with Gasteiger partial charge in [0.1, 0.15) is 11.5 Å². The van der Waals surface area contributed by atoms with Crippen molar-refractivity contribution in [3.63, 3.8) is 0 Å². The number of aliphatic carboxylic acids is 1. The number of carboxylic acids is 1. The smallest absolute Gasteiger partial charge is 0.550 e. The molecule has 208 valence electrons. The summed E-state index contributed by atoms with van der Waals surface area (Å²) >= 11 is 6.00. The monoisotopic (exact) mass is 585 g/mol. The number of para-hydroxylation sites is 1. The number of carbonyl (C=O) groups is 2. The summed E-state index contributed by atoms with van der Waals surface area (Å²) in [5.41, 5.74) is 2.40. The molecule has 41 heavy (non-hydrogen) atoms. The molecule has 1 aromatic heterocycles. The number of benzene rings is 3. The van der Waals surface area contributed by atoms with Crippen molar-refractivity contribution >= 4 is 34.4 Å². The summed E-state index contributed by atoms with van der Waals surface area (Å²) < 4.78 is 6.10. The van der Waals surface area contributed by atoms with Gasteiger partial charge in [0, 0.05) is 48.1 Å². The van der Waals surface area contributed by atoms with E-state index in [2.05, 4.69) is 15.6 Å². The summed E-state index contributed by atoms with van der Waals surface area (Å²) in [5.74, 6) is -0.598. The first-order valence-corrected chi connectivity index (χ1v) is 13.1. The molecule has 4 N–H and O–H groups in total. The molecule has 1 amide bonds. The van der Waals surface area contributed by atoms with Crippen LogP contribution in [0.2, 0.25) is 5.02 Å². The number of pyridine rings is 1. The number of amides is 1. The number of aliphatic hydroxyl groups excluding tert-OH is 2. The zero-order valence-electron chi connectivity index (χ0n) is 22.5. The van der Waals surface area contributed by atoms with E-state index >= 15 is 0 Å². The van der Waals surface area contributed by atoms with Crippen molar-refractivity contribution in [2.75, 3.05) is 19.7 Å².